The number of hydrogen-bond donors (Lipinski definition) is 1. The highest BCUT2D eigenvalue weighted by Crippen LogP contribution is 2.30. The minimum absolute atomic E-state index is 0.0673. The van der Waals surface area contributed by atoms with Crippen LogP contribution in [-0.2, 0) is 20.5 Å². The second kappa shape index (κ2) is 5.07. The van der Waals surface area contributed by atoms with Crippen molar-refractivity contribution in [2.75, 3.05) is 7.11 Å². The Bertz CT molecular complexity index is 450. The summed E-state index contributed by atoms with van der Waals surface area (Å²) in [5.74, 6) is -4.15. The van der Waals surface area contributed by atoms with E-state index >= 15 is 0 Å². The summed E-state index contributed by atoms with van der Waals surface area (Å²) in [6.07, 6.45) is -4.51. The van der Waals surface area contributed by atoms with Crippen molar-refractivity contribution in [2.24, 2.45) is 0 Å². The Morgan fingerprint density at radius 1 is 1.22 bits per heavy atom. The fourth-order valence-corrected chi connectivity index (χ4v) is 1.36. The Balaban J connectivity index is 3.09. The number of ether oxygens (including phenoxy) is 1. The van der Waals surface area contributed by atoms with Crippen LogP contribution >= 0.6 is 0 Å². The standard InChI is InChI=1S/C11H9F3O4/c1-18-10(17)8(9(15)16)6-2-4-7(5-3-6)11(12,13)14/h2-5,8H,1H3,(H,15,16). The lowest BCUT2D eigenvalue weighted by Crippen LogP contribution is -2.22. The van der Waals surface area contributed by atoms with E-state index in [1.807, 2.05) is 0 Å². The molecule has 1 rings (SSSR count). The normalized spacial score (nSPS) is 12.9. The van der Waals surface area contributed by atoms with Crippen molar-refractivity contribution >= 4 is 11.9 Å². The van der Waals surface area contributed by atoms with Crippen molar-refractivity contribution in [3.8, 4) is 0 Å². The average molecular weight is 262 g/mol. The van der Waals surface area contributed by atoms with Gasteiger partial charge in [0.2, 0.25) is 0 Å². The van der Waals surface area contributed by atoms with Crippen molar-refractivity contribution in [1.82, 2.24) is 0 Å². The largest absolute Gasteiger partial charge is 0.480 e. The third-order valence-corrected chi connectivity index (χ3v) is 2.26. The van der Waals surface area contributed by atoms with E-state index in [0.29, 0.717) is 12.1 Å². The van der Waals surface area contributed by atoms with Crippen LogP contribution in [0.15, 0.2) is 24.3 Å². The zero-order valence-electron chi connectivity index (χ0n) is 9.19. The number of methoxy groups -OCH3 is 1. The van der Waals surface area contributed by atoms with Gasteiger partial charge in [-0.2, -0.15) is 13.2 Å². The SMILES string of the molecule is COC(=O)C(C(=O)O)c1ccc(C(F)(F)F)cc1. The van der Waals surface area contributed by atoms with Crippen LogP contribution in [0.4, 0.5) is 13.2 Å². The number of hydrogen-bond acceptors (Lipinski definition) is 3. The van der Waals surface area contributed by atoms with Crippen LogP contribution in [0.25, 0.3) is 0 Å². The number of esters is 1. The third-order valence-electron chi connectivity index (χ3n) is 2.26. The number of carbonyl (C=O) groups is 2. The zero-order chi connectivity index (χ0) is 13.9. The summed E-state index contributed by atoms with van der Waals surface area (Å²) in [6.45, 7) is 0. The van der Waals surface area contributed by atoms with E-state index < -0.39 is 29.6 Å². The first-order chi connectivity index (χ1) is 8.27. The first-order valence-corrected chi connectivity index (χ1v) is 4.75. The molecule has 98 valence electrons. The van der Waals surface area contributed by atoms with Gasteiger partial charge >= 0.3 is 18.1 Å². The number of aliphatic carboxylic acids is 1. The maximum atomic E-state index is 12.3. The Hall–Kier alpha value is -2.05. The molecule has 4 nitrogen and oxygen atoms in total. The van der Waals surface area contributed by atoms with E-state index in [2.05, 4.69) is 4.74 Å². The minimum atomic E-state index is -4.51. The number of benzene rings is 1. The molecule has 7 heteroatoms. The van der Waals surface area contributed by atoms with E-state index in [0.717, 1.165) is 19.2 Å². The molecule has 1 N–H and O–H groups in total. The smallest absolute Gasteiger partial charge is 0.416 e. The predicted octanol–water partition coefficient (Wildman–Crippen LogP) is 2.05. The zero-order valence-corrected chi connectivity index (χ0v) is 9.19. The molecule has 0 aliphatic heterocycles. The third kappa shape index (κ3) is 2.99. The molecule has 0 aromatic heterocycles. The number of alkyl halides is 3. The number of carboxylic acids is 1. The van der Waals surface area contributed by atoms with Gasteiger partial charge < -0.3 is 9.84 Å². The fraction of sp³-hybridized carbons (Fsp3) is 0.273. The Labute approximate surface area is 100.0 Å². The van der Waals surface area contributed by atoms with Gasteiger partial charge in [-0.25, -0.2) is 0 Å². The topological polar surface area (TPSA) is 63.6 Å². The average Bonchev–Trinajstić information content (AvgIpc) is 2.28. The molecule has 0 bridgehead atoms. The van der Waals surface area contributed by atoms with Crippen LogP contribution < -0.4 is 0 Å². The Kier molecular flexibility index (Phi) is 3.95. The second-order valence-corrected chi connectivity index (χ2v) is 3.41. The summed E-state index contributed by atoms with van der Waals surface area (Å²) in [5.41, 5.74) is -0.984. The van der Waals surface area contributed by atoms with Crippen molar-refractivity contribution in [3.63, 3.8) is 0 Å². The molecular formula is C11H9F3O4. The summed E-state index contributed by atoms with van der Waals surface area (Å²) >= 11 is 0. The van der Waals surface area contributed by atoms with Gasteiger partial charge in [0.15, 0.2) is 5.92 Å². The van der Waals surface area contributed by atoms with E-state index in [-0.39, 0.29) is 5.56 Å². The summed E-state index contributed by atoms with van der Waals surface area (Å²) in [6, 6.07) is 3.32. The lowest BCUT2D eigenvalue weighted by Gasteiger charge is -2.12. The van der Waals surface area contributed by atoms with Gasteiger partial charge in [-0.15, -0.1) is 0 Å². The van der Waals surface area contributed by atoms with E-state index in [1.54, 1.807) is 0 Å². The highest BCUT2D eigenvalue weighted by molar-refractivity contribution is 5.99. The van der Waals surface area contributed by atoms with E-state index in [4.69, 9.17) is 5.11 Å². The molecule has 1 unspecified atom stereocenters. The van der Waals surface area contributed by atoms with E-state index in [9.17, 15) is 22.8 Å². The predicted molar refractivity (Wildman–Crippen MR) is 53.8 cm³/mol. The lowest BCUT2D eigenvalue weighted by atomic mass is 9.98. The molecule has 0 spiro atoms. The number of rotatable bonds is 3. The van der Waals surface area contributed by atoms with Gasteiger partial charge in [-0.1, -0.05) is 12.1 Å². The number of carbonyl (C=O) groups excluding carboxylic acids is 1. The van der Waals surface area contributed by atoms with Crippen LogP contribution in [0.2, 0.25) is 0 Å². The maximum Gasteiger partial charge on any atom is 0.416 e. The molecule has 1 aromatic carbocycles. The van der Waals surface area contributed by atoms with Crippen LogP contribution in [0.1, 0.15) is 17.0 Å². The molecule has 1 aromatic rings. The molecule has 0 amide bonds. The quantitative estimate of drug-likeness (QED) is 0.668. The summed E-state index contributed by atoms with van der Waals surface area (Å²) in [4.78, 5) is 22.1. The van der Waals surface area contributed by atoms with Crippen LogP contribution in [-0.4, -0.2) is 24.2 Å². The summed E-state index contributed by atoms with van der Waals surface area (Å²) < 4.78 is 41.2. The highest BCUT2D eigenvalue weighted by Gasteiger charge is 2.32. The van der Waals surface area contributed by atoms with E-state index in [1.165, 1.54) is 0 Å². The van der Waals surface area contributed by atoms with Crippen molar-refractivity contribution in [1.29, 1.82) is 0 Å². The molecule has 0 aliphatic rings. The van der Waals surface area contributed by atoms with Crippen LogP contribution in [0, 0.1) is 0 Å². The fourth-order valence-electron chi connectivity index (χ4n) is 1.36. The maximum absolute atomic E-state index is 12.3. The number of halogens is 3. The van der Waals surface area contributed by atoms with Crippen molar-refractivity contribution in [3.05, 3.63) is 35.4 Å². The Morgan fingerprint density at radius 2 is 1.72 bits per heavy atom. The molecule has 0 radical (unpaired) electrons. The summed E-state index contributed by atoms with van der Waals surface area (Å²) in [5, 5.41) is 8.83. The van der Waals surface area contributed by atoms with Gasteiger partial charge in [0, 0.05) is 0 Å². The van der Waals surface area contributed by atoms with Crippen molar-refractivity contribution < 1.29 is 32.6 Å². The number of carboxylic acid groups (broad SMARTS) is 1. The minimum Gasteiger partial charge on any atom is -0.480 e. The second-order valence-electron chi connectivity index (χ2n) is 3.41. The first kappa shape index (κ1) is 14.0. The van der Waals surface area contributed by atoms with Crippen LogP contribution in [0.5, 0.6) is 0 Å². The molecule has 0 heterocycles. The molecule has 0 fully saturated rings. The van der Waals surface area contributed by atoms with Gasteiger partial charge in [0.25, 0.3) is 0 Å². The molecule has 0 saturated carbocycles. The first-order valence-electron chi connectivity index (χ1n) is 4.75. The van der Waals surface area contributed by atoms with Gasteiger partial charge in [0.05, 0.1) is 12.7 Å². The van der Waals surface area contributed by atoms with Gasteiger partial charge in [0.1, 0.15) is 0 Å². The van der Waals surface area contributed by atoms with Crippen molar-refractivity contribution in [2.45, 2.75) is 12.1 Å². The highest BCUT2D eigenvalue weighted by atomic mass is 19.4. The molecule has 1 atom stereocenters. The Morgan fingerprint density at radius 3 is 2.06 bits per heavy atom. The molecular weight excluding hydrogens is 253 g/mol. The van der Waals surface area contributed by atoms with Gasteiger partial charge in [-0.3, -0.25) is 9.59 Å². The summed E-state index contributed by atoms with van der Waals surface area (Å²) in [7, 11) is 1.00. The monoisotopic (exact) mass is 262 g/mol. The van der Waals surface area contributed by atoms with Crippen LogP contribution in [0.3, 0.4) is 0 Å². The lowest BCUT2D eigenvalue weighted by molar-refractivity contribution is -0.152. The molecule has 18 heavy (non-hydrogen) atoms. The molecule has 0 aliphatic carbocycles. The molecule has 0 saturated heterocycles. The van der Waals surface area contributed by atoms with Gasteiger partial charge in [-0.05, 0) is 17.7 Å².